The number of primary sulfonamides is 1. The van der Waals surface area contributed by atoms with Crippen LogP contribution in [0.4, 0.5) is 13.2 Å². The van der Waals surface area contributed by atoms with Gasteiger partial charge in [-0.15, -0.1) is 0 Å². The van der Waals surface area contributed by atoms with Crippen LogP contribution < -0.4 is 5.14 Å². The Labute approximate surface area is 180 Å². The lowest BCUT2D eigenvalue weighted by Gasteiger charge is -2.11. The van der Waals surface area contributed by atoms with E-state index in [4.69, 9.17) is 5.14 Å². The van der Waals surface area contributed by atoms with E-state index in [0.717, 1.165) is 6.07 Å². The molecule has 12 heteroatoms. The summed E-state index contributed by atoms with van der Waals surface area (Å²) in [6.45, 7) is 1.76. The summed E-state index contributed by atoms with van der Waals surface area (Å²) in [6.07, 6.45) is -0.627. The minimum atomic E-state index is -4.70. The van der Waals surface area contributed by atoms with Crippen molar-refractivity contribution in [3.63, 3.8) is 0 Å². The number of halogens is 3. The number of alkyl halides is 3. The Kier molecular flexibility index (Phi) is 5.26. The highest BCUT2D eigenvalue weighted by molar-refractivity contribution is 7.89. The fourth-order valence-corrected chi connectivity index (χ4v) is 3.44. The van der Waals surface area contributed by atoms with E-state index in [2.05, 4.69) is 19.9 Å². The minimum absolute atomic E-state index is 0.0429. The number of benzene rings is 1. The van der Waals surface area contributed by atoms with E-state index in [1.807, 2.05) is 0 Å². The summed E-state index contributed by atoms with van der Waals surface area (Å²) in [6, 6.07) is 9.86. The van der Waals surface area contributed by atoms with E-state index in [0.29, 0.717) is 22.5 Å². The summed E-state index contributed by atoms with van der Waals surface area (Å²) in [5.74, 6) is -0.253. The van der Waals surface area contributed by atoms with Gasteiger partial charge < -0.3 is 0 Å². The van der Waals surface area contributed by atoms with E-state index in [9.17, 15) is 21.6 Å². The van der Waals surface area contributed by atoms with Crippen LogP contribution in [0.15, 0.2) is 66.1 Å². The molecule has 4 aromatic rings. The highest BCUT2D eigenvalue weighted by Crippen LogP contribution is 2.31. The summed E-state index contributed by atoms with van der Waals surface area (Å²) in [7, 11) is -3.93. The van der Waals surface area contributed by atoms with Crippen molar-refractivity contribution < 1.29 is 21.6 Å². The lowest BCUT2D eigenvalue weighted by molar-refractivity contribution is -0.141. The first-order valence-corrected chi connectivity index (χ1v) is 10.6. The lowest BCUT2D eigenvalue weighted by atomic mass is 10.1. The quantitative estimate of drug-likeness (QED) is 0.499. The van der Waals surface area contributed by atoms with Crippen LogP contribution in [0.3, 0.4) is 0 Å². The van der Waals surface area contributed by atoms with Gasteiger partial charge in [-0.2, -0.15) is 13.2 Å². The number of imidazole rings is 1. The smallest absolute Gasteiger partial charge is 0.274 e. The molecule has 3 heterocycles. The van der Waals surface area contributed by atoms with E-state index in [1.165, 1.54) is 41.5 Å². The minimum Gasteiger partial charge on any atom is -0.274 e. The zero-order chi connectivity index (χ0) is 23.1. The molecule has 0 radical (unpaired) electrons. The molecule has 164 valence electrons. The van der Waals surface area contributed by atoms with Gasteiger partial charge in [-0.25, -0.2) is 28.5 Å². The molecule has 2 N–H and O–H groups in total. The molecule has 8 nitrogen and oxygen atoms in total. The predicted molar refractivity (Wildman–Crippen MR) is 109 cm³/mol. The standard InChI is InChI=1S/C20H15F3N6O2S/c1-12-5-6-14(9-25-12)16-8-18(20(21,22)23)28-19(27-16)29-10-17(26-11-29)13-3-2-4-15(7-13)32(24,30)31/h2-11H,1H3,(H2,24,30,31). The number of nitrogens with two attached hydrogens (primary N) is 1. The summed E-state index contributed by atoms with van der Waals surface area (Å²) in [5.41, 5.74) is 0.733. The molecule has 0 amide bonds. The third-order valence-corrected chi connectivity index (χ3v) is 5.39. The SMILES string of the molecule is Cc1ccc(-c2cc(C(F)(F)F)nc(-n3cnc(-c4cccc(S(N)(=O)=O)c4)c3)n2)cn1. The molecule has 1 aromatic carbocycles. The number of rotatable bonds is 4. The van der Waals surface area contributed by atoms with E-state index < -0.39 is 21.9 Å². The van der Waals surface area contributed by atoms with Crippen molar-refractivity contribution in [2.45, 2.75) is 18.0 Å². The Bertz CT molecular complexity index is 1400. The van der Waals surface area contributed by atoms with Crippen molar-refractivity contribution in [3.05, 3.63) is 72.6 Å². The molecule has 0 aliphatic rings. The first-order valence-electron chi connectivity index (χ1n) is 9.07. The number of pyridine rings is 1. The van der Waals surface area contributed by atoms with Crippen molar-refractivity contribution in [1.82, 2.24) is 24.5 Å². The van der Waals surface area contributed by atoms with Gasteiger partial charge in [0.2, 0.25) is 16.0 Å². The molecular formula is C20H15F3N6O2S. The van der Waals surface area contributed by atoms with Crippen LogP contribution in [0.1, 0.15) is 11.4 Å². The number of aryl methyl sites for hydroxylation is 1. The molecule has 0 bridgehead atoms. The molecule has 4 rings (SSSR count). The summed E-state index contributed by atoms with van der Waals surface area (Å²) >= 11 is 0. The number of sulfonamides is 1. The van der Waals surface area contributed by atoms with Gasteiger partial charge in [-0.1, -0.05) is 12.1 Å². The van der Waals surface area contributed by atoms with E-state index >= 15 is 0 Å². The largest absolute Gasteiger partial charge is 0.433 e. The lowest BCUT2D eigenvalue weighted by Crippen LogP contribution is -2.12. The Morgan fingerprint density at radius 2 is 1.75 bits per heavy atom. The van der Waals surface area contributed by atoms with Crippen molar-refractivity contribution >= 4 is 10.0 Å². The Morgan fingerprint density at radius 3 is 2.41 bits per heavy atom. The van der Waals surface area contributed by atoms with E-state index in [1.54, 1.807) is 25.1 Å². The molecule has 0 aliphatic heterocycles. The number of aromatic nitrogens is 5. The zero-order valence-electron chi connectivity index (χ0n) is 16.4. The predicted octanol–water partition coefficient (Wildman–Crippen LogP) is 3.37. The van der Waals surface area contributed by atoms with Gasteiger partial charge in [0.25, 0.3) is 0 Å². The highest BCUT2D eigenvalue weighted by Gasteiger charge is 2.34. The number of nitrogens with zero attached hydrogens (tertiary/aromatic N) is 5. The molecule has 0 spiro atoms. The van der Waals surface area contributed by atoms with Gasteiger partial charge >= 0.3 is 6.18 Å². The second-order valence-electron chi connectivity index (χ2n) is 6.86. The summed E-state index contributed by atoms with van der Waals surface area (Å²) < 4.78 is 64.8. The fraction of sp³-hybridized carbons (Fsp3) is 0.100. The van der Waals surface area contributed by atoms with Crippen molar-refractivity contribution in [3.8, 4) is 28.5 Å². The third-order valence-electron chi connectivity index (χ3n) is 4.48. The van der Waals surface area contributed by atoms with Gasteiger partial charge in [0, 0.05) is 29.2 Å². The second-order valence-corrected chi connectivity index (χ2v) is 8.42. The van der Waals surface area contributed by atoms with Crippen LogP contribution in [-0.4, -0.2) is 32.9 Å². The van der Waals surface area contributed by atoms with Gasteiger partial charge in [-0.05, 0) is 37.3 Å². The molecule has 0 unspecified atom stereocenters. The zero-order valence-corrected chi connectivity index (χ0v) is 17.3. The highest BCUT2D eigenvalue weighted by atomic mass is 32.2. The molecule has 0 aliphatic carbocycles. The van der Waals surface area contributed by atoms with Crippen LogP contribution in [-0.2, 0) is 16.2 Å². The van der Waals surface area contributed by atoms with Crippen LogP contribution in [0, 0.1) is 6.92 Å². The van der Waals surface area contributed by atoms with Gasteiger partial charge in [0.15, 0.2) is 5.69 Å². The average molecular weight is 460 g/mol. The first kappa shape index (κ1) is 21.6. The summed E-state index contributed by atoms with van der Waals surface area (Å²) in [4.78, 5) is 16.0. The fourth-order valence-electron chi connectivity index (χ4n) is 2.88. The van der Waals surface area contributed by atoms with Gasteiger partial charge in [-0.3, -0.25) is 9.55 Å². The van der Waals surface area contributed by atoms with Crippen molar-refractivity contribution in [2.75, 3.05) is 0 Å². The first-order chi connectivity index (χ1) is 15.0. The van der Waals surface area contributed by atoms with Crippen LogP contribution in [0.5, 0.6) is 0 Å². The molecule has 3 aromatic heterocycles. The molecular weight excluding hydrogens is 445 g/mol. The van der Waals surface area contributed by atoms with Crippen LogP contribution in [0.2, 0.25) is 0 Å². The number of hydrogen-bond donors (Lipinski definition) is 1. The maximum atomic E-state index is 13.5. The number of hydrogen-bond acceptors (Lipinski definition) is 6. The topological polar surface area (TPSA) is 117 Å². The molecule has 0 saturated heterocycles. The van der Waals surface area contributed by atoms with Gasteiger partial charge in [0.05, 0.1) is 16.3 Å². The maximum Gasteiger partial charge on any atom is 0.433 e. The molecule has 0 atom stereocenters. The maximum absolute atomic E-state index is 13.5. The molecule has 0 saturated carbocycles. The van der Waals surface area contributed by atoms with Gasteiger partial charge in [0.1, 0.15) is 6.33 Å². The average Bonchev–Trinajstić information content (AvgIpc) is 3.23. The molecule has 32 heavy (non-hydrogen) atoms. The van der Waals surface area contributed by atoms with Crippen LogP contribution in [0.25, 0.3) is 28.5 Å². The second kappa shape index (κ2) is 7.80. The Hall–Kier alpha value is -3.64. The van der Waals surface area contributed by atoms with Crippen molar-refractivity contribution in [1.29, 1.82) is 0 Å². The monoisotopic (exact) mass is 460 g/mol. The third kappa shape index (κ3) is 4.50. The Balaban J connectivity index is 1.80. The van der Waals surface area contributed by atoms with Crippen molar-refractivity contribution in [2.24, 2.45) is 5.14 Å². The summed E-state index contributed by atoms with van der Waals surface area (Å²) in [5, 5.41) is 5.15. The Morgan fingerprint density at radius 1 is 0.969 bits per heavy atom. The van der Waals surface area contributed by atoms with Crippen LogP contribution >= 0.6 is 0 Å². The normalized spacial score (nSPS) is 12.2. The molecule has 0 fully saturated rings. The van der Waals surface area contributed by atoms with E-state index in [-0.39, 0.29) is 16.5 Å².